The van der Waals surface area contributed by atoms with Crippen LogP contribution in [-0.2, 0) is 11.2 Å². The average molecular weight is 320 g/mol. The Balaban J connectivity index is 1.64. The van der Waals surface area contributed by atoms with Crippen LogP contribution in [0.1, 0.15) is 11.1 Å². The van der Waals surface area contributed by atoms with Crippen molar-refractivity contribution in [3.63, 3.8) is 0 Å². The van der Waals surface area contributed by atoms with Gasteiger partial charge in [-0.2, -0.15) is 5.10 Å². The van der Waals surface area contributed by atoms with E-state index in [1.54, 1.807) is 18.6 Å². The van der Waals surface area contributed by atoms with E-state index in [-0.39, 0.29) is 5.91 Å². The molecular formula is C18H18N5O+. The predicted octanol–water partition coefficient (Wildman–Crippen LogP) is 0.933. The van der Waals surface area contributed by atoms with Gasteiger partial charge in [0.1, 0.15) is 0 Å². The molecule has 1 heterocycles. The summed E-state index contributed by atoms with van der Waals surface area (Å²) in [4.78, 5) is 20.6. The number of carbonyl (C=O) groups is 1. The Morgan fingerprint density at radius 1 is 1.12 bits per heavy atom. The number of fused-ring (bicyclic) bond motifs is 1. The van der Waals surface area contributed by atoms with Crippen LogP contribution < -0.4 is 11.2 Å². The predicted molar refractivity (Wildman–Crippen MR) is 92.1 cm³/mol. The molecule has 0 aliphatic rings. The number of hydrazone groups is 1. The Hall–Kier alpha value is -3.12. The topological polar surface area (TPSA) is 94.9 Å². The number of amides is 1. The van der Waals surface area contributed by atoms with Gasteiger partial charge >= 0.3 is 0 Å². The SMILES string of the molecule is [NH3+]C(Cc1ccccc1)C(=O)NN=Cc1cccc2nccnc12. The summed E-state index contributed by atoms with van der Waals surface area (Å²) in [7, 11) is 0. The molecule has 0 fully saturated rings. The number of benzene rings is 2. The first-order chi connectivity index (χ1) is 11.7. The van der Waals surface area contributed by atoms with Crippen molar-refractivity contribution in [2.75, 3.05) is 0 Å². The van der Waals surface area contributed by atoms with Gasteiger partial charge in [-0.3, -0.25) is 14.8 Å². The summed E-state index contributed by atoms with van der Waals surface area (Å²) in [6, 6.07) is 15.0. The van der Waals surface area contributed by atoms with Crippen molar-refractivity contribution in [1.29, 1.82) is 0 Å². The molecule has 120 valence electrons. The van der Waals surface area contributed by atoms with E-state index in [9.17, 15) is 4.79 Å². The first-order valence-corrected chi connectivity index (χ1v) is 7.63. The minimum absolute atomic E-state index is 0.221. The van der Waals surface area contributed by atoms with Crippen LogP contribution in [0.3, 0.4) is 0 Å². The first-order valence-electron chi connectivity index (χ1n) is 7.63. The molecule has 4 N–H and O–H groups in total. The van der Waals surface area contributed by atoms with Crippen LogP contribution in [0.4, 0.5) is 0 Å². The molecule has 0 radical (unpaired) electrons. The number of quaternary nitrogens is 1. The second kappa shape index (κ2) is 7.43. The molecule has 24 heavy (non-hydrogen) atoms. The zero-order chi connectivity index (χ0) is 16.8. The van der Waals surface area contributed by atoms with E-state index >= 15 is 0 Å². The number of rotatable bonds is 5. The summed E-state index contributed by atoms with van der Waals surface area (Å²) in [5, 5.41) is 4.02. The summed E-state index contributed by atoms with van der Waals surface area (Å²) in [6.45, 7) is 0. The minimum Gasteiger partial charge on any atom is -0.347 e. The number of para-hydroxylation sites is 1. The fourth-order valence-corrected chi connectivity index (χ4v) is 2.37. The second-order valence-electron chi connectivity index (χ2n) is 5.39. The molecule has 0 saturated carbocycles. The highest BCUT2D eigenvalue weighted by molar-refractivity contribution is 5.96. The molecule has 6 nitrogen and oxygen atoms in total. The normalized spacial score (nSPS) is 12.4. The van der Waals surface area contributed by atoms with Crippen LogP contribution in [0.2, 0.25) is 0 Å². The number of nitrogens with zero attached hydrogens (tertiary/aromatic N) is 3. The highest BCUT2D eigenvalue weighted by Crippen LogP contribution is 2.11. The Bertz CT molecular complexity index is 858. The van der Waals surface area contributed by atoms with Gasteiger partial charge in [-0.15, -0.1) is 0 Å². The molecule has 0 spiro atoms. The quantitative estimate of drug-likeness (QED) is 0.541. The molecule has 6 heteroatoms. The lowest BCUT2D eigenvalue weighted by Gasteiger charge is -2.06. The number of hydrogen-bond donors (Lipinski definition) is 2. The number of nitrogens with one attached hydrogen (secondary N) is 1. The zero-order valence-corrected chi connectivity index (χ0v) is 13.1. The zero-order valence-electron chi connectivity index (χ0n) is 13.1. The van der Waals surface area contributed by atoms with Gasteiger partial charge in [0.15, 0.2) is 6.04 Å². The Kier molecular flexibility index (Phi) is 4.88. The maximum Gasteiger partial charge on any atom is 0.298 e. The van der Waals surface area contributed by atoms with Crippen molar-refractivity contribution < 1.29 is 10.5 Å². The fourth-order valence-electron chi connectivity index (χ4n) is 2.37. The van der Waals surface area contributed by atoms with Crippen LogP contribution in [0.5, 0.6) is 0 Å². The standard InChI is InChI=1S/C18H17N5O/c19-15(11-13-5-2-1-3-6-13)18(24)23-22-12-14-7-4-8-16-17(14)21-10-9-20-16/h1-10,12,15H,11,19H2,(H,23,24)/p+1. The van der Waals surface area contributed by atoms with E-state index in [0.29, 0.717) is 6.42 Å². The summed E-state index contributed by atoms with van der Waals surface area (Å²) >= 11 is 0. The van der Waals surface area contributed by atoms with Crippen LogP contribution in [0, 0.1) is 0 Å². The highest BCUT2D eigenvalue weighted by Gasteiger charge is 2.16. The smallest absolute Gasteiger partial charge is 0.298 e. The van der Waals surface area contributed by atoms with E-state index in [1.807, 2.05) is 48.5 Å². The summed E-state index contributed by atoms with van der Waals surface area (Å²) < 4.78 is 0. The maximum atomic E-state index is 12.1. The van der Waals surface area contributed by atoms with Crippen molar-refractivity contribution >= 4 is 23.2 Å². The lowest BCUT2D eigenvalue weighted by Crippen LogP contribution is -2.68. The third-order valence-corrected chi connectivity index (χ3v) is 3.60. The van der Waals surface area contributed by atoms with Gasteiger partial charge in [-0.05, 0) is 11.6 Å². The van der Waals surface area contributed by atoms with Gasteiger partial charge < -0.3 is 5.73 Å². The Labute approximate surface area is 139 Å². The molecule has 2 aromatic carbocycles. The molecule has 1 amide bonds. The van der Waals surface area contributed by atoms with Gasteiger partial charge in [0.25, 0.3) is 5.91 Å². The van der Waals surface area contributed by atoms with Gasteiger partial charge in [0.05, 0.1) is 17.2 Å². The monoisotopic (exact) mass is 320 g/mol. The second-order valence-corrected chi connectivity index (χ2v) is 5.39. The molecular weight excluding hydrogens is 302 g/mol. The van der Waals surface area contributed by atoms with E-state index in [2.05, 4.69) is 26.2 Å². The van der Waals surface area contributed by atoms with E-state index in [4.69, 9.17) is 0 Å². The average Bonchev–Trinajstić information content (AvgIpc) is 2.62. The Morgan fingerprint density at radius 2 is 1.92 bits per heavy atom. The number of carbonyl (C=O) groups excluding carboxylic acids is 1. The molecule has 0 aliphatic carbocycles. The summed E-state index contributed by atoms with van der Waals surface area (Å²) in [5.41, 5.74) is 9.83. The number of hydrogen-bond acceptors (Lipinski definition) is 4. The highest BCUT2D eigenvalue weighted by atomic mass is 16.2. The van der Waals surface area contributed by atoms with Crippen LogP contribution in [0.15, 0.2) is 66.0 Å². The molecule has 1 atom stereocenters. The van der Waals surface area contributed by atoms with Crippen molar-refractivity contribution in [3.05, 3.63) is 72.1 Å². The molecule has 1 unspecified atom stereocenters. The third kappa shape index (κ3) is 3.80. The molecule has 3 aromatic rings. The van der Waals surface area contributed by atoms with Gasteiger partial charge in [0, 0.05) is 24.4 Å². The van der Waals surface area contributed by atoms with E-state index in [1.165, 1.54) is 0 Å². The van der Waals surface area contributed by atoms with Gasteiger partial charge in [-0.25, -0.2) is 5.43 Å². The van der Waals surface area contributed by atoms with Crippen LogP contribution in [0.25, 0.3) is 11.0 Å². The molecule has 0 saturated heterocycles. The Morgan fingerprint density at radius 3 is 2.75 bits per heavy atom. The van der Waals surface area contributed by atoms with Crippen molar-refractivity contribution in [3.8, 4) is 0 Å². The van der Waals surface area contributed by atoms with Crippen molar-refractivity contribution in [2.45, 2.75) is 12.5 Å². The summed E-state index contributed by atoms with van der Waals surface area (Å²) in [5.74, 6) is -0.221. The maximum absolute atomic E-state index is 12.1. The fraction of sp³-hybridized carbons (Fsp3) is 0.111. The third-order valence-electron chi connectivity index (χ3n) is 3.60. The molecule has 0 aliphatic heterocycles. The lowest BCUT2D eigenvalue weighted by atomic mass is 10.1. The van der Waals surface area contributed by atoms with Gasteiger partial charge in [0.2, 0.25) is 0 Å². The van der Waals surface area contributed by atoms with Crippen molar-refractivity contribution in [1.82, 2.24) is 15.4 Å². The molecule has 1 aromatic heterocycles. The minimum atomic E-state index is -0.406. The van der Waals surface area contributed by atoms with Crippen LogP contribution in [-0.4, -0.2) is 28.1 Å². The molecule has 3 rings (SSSR count). The first kappa shape index (κ1) is 15.8. The summed E-state index contributed by atoms with van der Waals surface area (Å²) in [6.07, 6.45) is 5.41. The van der Waals surface area contributed by atoms with Gasteiger partial charge in [-0.1, -0.05) is 42.5 Å². The van der Waals surface area contributed by atoms with Crippen LogP contribution >= 0.6 is 0 Å². The van der Waals surface area contributed by atoms with Crippen molar-refractivity contribution in [2.24, 2.45) is 5.10 Å². The van der Waals surface area contributed by atoms with E-state index < -0.39 is 6.04 Å². The van der Waals surface area contributed by atoms with E-state index in [0.717, 1.165) is 22.2 Å². The largest absolute Gasteiger partial charge is 0.347 e. The molecule has 0 bridgehead atoms. The number of aromatic nitrogens is 2. The lowest BCUT2D eigenvalue weighted by molar-refractivity contribution is -0.403.